The van der Waals surface area contributed by atoms with Crippen molar-refractivity contribution in [3.8, 4) is 0 Å². The molecule has 2 atom stereocenters. The molecule has 31 heavy (non-hydrogen) atoms. The molecular formula is C25H29FN2O3. The van der Waals surface area contributed by atoms with Gasteiger partial charge < -0.3 is 19.3 Å². The van der Waals surface area contributed by atoms with Gasteiger partial charge in [0.2, 0.25) is 0 Å². The van der Waals surface area contributed by atoms with Crippen LogP contribution in [-0.2, 0) is 15.1 Å². The number of carbonyl (C=O) groups is 1. The first-order valence-electron chi connectivity index (χ1n) is 10.8. The topological polar surface area (TPSA) is 42.0 Å². The van der Waals surface area contributed by atoms with Crippen molar-refractivity contribution in [1.29, 1.82) is 0 Å². The second-order valence-electron chi connectivity index (χ2n) is 8.17. The molecule has 4 rings (SSSR count). The monoisotopic (exact) mass is 424 g/mol. The van der Waals surface area contributed by atoms with Crippen molar-refractivity contribution in [3.63, 3.8) is 0 Å². The highest BCUT2D eigenvalue weighted by Crippen LogP contribution is 2.40. The number of benzene rings is 2. The number of carbonyl (C=O) groups excluding carboxylic acids is 1. The largest absolute Gasteiger partial charge is 0.437 e. The van der Waals surface area contributed by atoms with Crippen LogP contribution in [0.2, 0.25) is 0 Å². The summed E-state index contributed by atoms with van der Waals surface area (Å²) in [6.45, 7) is 9.67. The minimum Gasteiger partial charge on any atom is -0.437 e. The Morgan fingerprint density at radius 1 is 1.10 bits per heavy atom. The Morgan fingerprint density at radius 3 is 2.39 bits per heavy atom. The maximum atomic E-state index is 13.4. The summed E-state index contributed by atoms with van der Waals surface area (Å²) in [4.78, 5) is 17.1. The van der Waals surface area contributed by atoms with Crippen molar-refractivity contribution < 1.29 is 18.7 Å². The summed E-state index contributed by atoms with van der Waals surface area (Å²) < 4.78 is 24.8. The summed E-state index contributed by atoms with van der Waals surface area (Å²) >= 11 is 0. The zero-order valence-electron chi connectivity index (χ0n) is 17.9. The molecule has 0 bridgehead atoms. The lowest BCUT2D eigenvalue weighted by Gasteiger charge is -2.43. The fourth-order valence-electron chi connectivity index (χ4n) is 4.44. The Balaban J connectivity index is 1.48. The summed E-state index contributed by atoms with van der Waals surface area (Å²) in [7, 11) is 0. The molecule has 2 aromatic rings. The first kappa shape index (κ1) is 21.4. The van der Waals surface area contributed by atoms with E-state index in [9.17, 15) is 9.18 Å². The lowest BCUT2D eigenvalue weighted by Crippen LogP contribution is -2.48. The third-order valence-electron chi connectivity index (χ3n) is 6.34. The van der Waals surface area contributed by atoms with Gasteiger partial charge >= 0.3 is 6.09 Å². The van der Waals surface area contributed by atoms with Crippen LogP contribution < -0.4 is 4.90 Å². The van der Waals surface area contributed by atoms with Crippen LogP contribution in [0.4, 0.5) is 14.9 Å². The minimum atomic E-state index is -0.803. The smallest absolute Gasteiger partial charge is 0.411 e. The van der Waals surface area contributed by atoms with Crippen LogP contribution in [-0.4, -0.2) is 43.8 Å². The molecule has 2 aromatic carbocycles. The summed E-state index contributed by atoms with van der Waals surface area (Å²) in [6.07, 6.45) is 2.50. The van der Waals surface area contributed by atoms with Gasteiger partial charge in [0.05, 0.1) is 19.3 Å². The first-order chi connectivity index (χ1) is 15.0. The molecule has 0 radical (unpaired) electrons. The second-order valence-corrected chi connectivity index (χ2v) is 8.17. The Labute approximate surface area is 183 Å². The number of anilines is 1. The van der Waals surface area contributed by atoms with Gasteiger partial charge in [0.15, 0.2) is 0 Å². The molecule has 1 amide bonds. The molecule has 5 nitrogen and oxygen atoms in total. The molecule has 2 fully saturated rings. The summed E-state index contributed by atoms with van der Waals surface area (Å²) in [5.74, 6) is -0.310. The highest BCUT2D eigenvalue weighted by molar-refractivity contribution is 5.70. The molecule has 2 aliphatic heterocycles. The highest BCUT2D eigenvalue weighted by Gasteiger charge is 2.42. The highest BCUT2D eigenvalue weighted by atomic mass is 19.1. The molecule has 0 spiro atoms. The predicted octanol–water partition coefficient (Wildman–Crippen LogP) is 5.04. The Hall–Kier alpha value is -2.86. The van der Waals surface area contributed by atoms with Gasteiger partial charge in [0.25, 0.3) is 0 Å². The quantitative estimate of drug-likeness (QED) is 0.610. The third-order valence-corrected chi connectivity index (χ3v) is 6.34. The Bertz CT molecular complexity index is 909. The summed E-state index contributed by atoms with van der Waals surface area (Å²) in [5.41, 5.74) is 2.22. The third kappa shape index (κ3) is 4.44. The molecule has 2 heterocycles. The average Bonchev–Trinajstić information content (AvgIpc) is 2.80. The number of hydrogen-bond donors (Lipinski definition) is 0. The summed E-state index contributed by atoms with van der Waals surface area (Å²) in [6, 6.07) is 14.4. The molecule has 0 N–H and O–H groups in total. The maximum Gasteiger partial charge on any atom is 0.411 e. The van der Waals surface area contributed by atoms with Crippen LogP contribution in [0.5, 0.6) is 0 Å². The molecule has 2 aliphatic rings. The van der Waals surface area contributed by atoms with E-state index in [0.717, 1.165) is 37.4 Å². The van der Waals surface area contributed by atoms with Crippen molar-refractivity contribution in [2.75, 3.05) is 37.7 Å². The van der Waals surface area contributed by atoms with Gasteiger partial charge in [-0.05, 0) is 42.3 Å². The van der Waals surface area contributed by atoms with Gasteiger partial charge in [-0.15, -0.1) is 6.58 Å². The van der Waals surface area contributed by atoms with Gasteiger partial charge in [-0.3, -0.25) is 0 Å². The average molecular weight is 425 g/mol. The van der Waals surface area contributed by atoms with E-state index >= 15 is 0 Å². The van der Waals surface area contributed by atoms with Crippen LogP contribution in [0.1, 0.15) is 36.9 Å². The van der Waals surface area contributed by atoms with E-state index in [-0.39, 0.29) is 18.0 Å². The van der Waals surface area contributed by atoms with Crippen molar-refractivity contribution >= 4 is 11.8 Å². The number of hydrogen-bond acceptors (Lipinski definition) is 4. The first-order valence-corrected chi connectivity index (χ1v) is 10.8. The van der Waals surface area contributed by atoms with Gasteiger partial charge in [-0.25, -0.2) is 9.18 Å². The number of ether oxygens (including phenoxy) is 2. The number of nitrogens with zero attached hydrogens (tertiary/aromatic N) is 2. The van der Waals surface area contributed by atoms with E-state index in [0.29, 0.717) is 19.4 Å². The standard InChI is InChI=1S/C25H29FN2O3/c1-3-12-25(21-6-8-22(26)9-7-21)13-14-28(24(29)31-25)19(2)20-4-10-23(11-5-20)27-15-17-30-18-16-27/h3-11,19H,1,12-18H2,2H3. The van der Waals surface area contributed by atoms with Crippen molar-refractivity contribution in [3.05, 3.63) is 78.1 Å². The Kier molecular flexibility index (Phi) is 6.28. The molecular weight excluding hydrogens is 395 g/mol. The molecule has 2 unspecified atom stereocenters. The van der Waals surface area contributed by atoms with E-state index in [4.69, 9.17) is 9.47 Å². The second kappa shape index (κ2) is 9.10. The normalized spacial score (nSPS) is 22.7. The number of morpholine rings is 1. The zero-order chi connectivity index (χ0) is 21.8. The van der Waals surface area contributed by atoms with Gasteiger partial charge in [0, 0.05) is 38.2 Å². The van der Waals surface area contributed by atoms with Crippen LogP contribution in [0.15, 0.2) is 61.2 Å². The lowest BCUT2D eigenvalue weighted by atomic mass is 9.85. The number of cyclic esters (lactones) is 1. The fourth-order valence-corrected chi connectivity index (χ4v) is 4.44. The van der Waals surface area contributed by atoms with Crippen molar-refractivity contribution in [1.82, 2.24) is 4.90 Å². The number of halogens is 1. The minimum absolute atomic E-state index is 0.110. The zero-order valence-corrected chi connectivity index (χ0v) is 17.9. The van der Waals surface area contributed by atoms with E-state index in [1.54, 1.807) is 23.1 Å². The van der Waals surface area contributed by atoms with Crippen molar-refractivity contribution in [2.45, 2.75) is 31.4 Å². The lowest BCUT2D eigenvalue weighted by molar-refractivity contribution is -0.0588. The maximum absolute atomic E-state index is 13.4. The molecule has 0 saturated carbocycles. The van der Waals surface area contributed by atoms with E-state index < -0.39 is 5.60 Å². The van der Waals surface area contributed by atoms with E-state index in [1.165, 1.54) is 17.8 Å². The van der Waals surface area contributed by atoms with Crippen molar-refractivity contribution in [2.24, 2.45) is 0 Å². The summed E-state index contributed by atoms with van der Waals surface area (Å²) in [5, 5.41) is 0. The van der Waals surface area contributed by atoms with Gasteiger partial charge in [-0.1, -0.05) is 30.3 Å². The number of rotatable bonds is 6. The van der Waals surface area contributed by atoms with Gasteiger partial charge in [0.1, 0.15) is 11.4 Å². The number of amides is 1. The SMILES string of the molecule is C=CCC1(c2ccc(F)cc2)CCN(C(C)c2ccc(N3CCOCC3)cc2)C(=O)O1. The predicted molar refractivity (Wildman–Crippen MR) is 119 cm³/mol. The van der Waals surface area contributed by atoms with Crippen LogP contribution in [0, 0.1) is 5.82 Å². The van der Waals surface area contributed by atoms with E-state index in [2.05, 4.69) is 35.7 Å². The molecule has 0 aromatic heterocycles. The molecule has 0 aliphatic carbocycles. The van der Waals surface area contributed by atoms with Crippen LogP contribution in [0.25, 0.3) is 0 Å². The van der Waals surface area contributed by atoms with E-state index in [1.807, 2.05) is 6.92 Å². The molecule has 164 valence electrons. The Morgan fingerprint density at radius 2 is 1.77 bits per heavy atom. The van der Waals surface area contributed by atoms with Crippen LogP contribution in [0.3, 0.4) is 0 Å². The van der Waals surface area contributed by atoms with Crippen LogP contribution >= 0.6 is 0 Å². The molecule has 2 saturated heterocycles. The fraction of sp³-hybridized carbons (Fsp3) is 0.400. The van der Waals surface area contributed by atoms with Gasteiger partial charge in [-0.2, -0.15) is 0 Å². The molecule has 6 heteroatoms.